The van der Waals surface area contributed by atoms with E-state index in [4.69, 9.17) is 5.11 Å². The Labute approximate surface area is 83.6 Å². The minimum absolute atomic E-state index is 0.0105. The van der Waals surface area contributed by atoms with Crippen LogP contribution in [0, 0.1) is 0 Å². The van der Waals surface area contributed by atoms with Gasteiger partial charge in [0.1, 0.15) is 5.76 Å². The average Bonchev–Trinajstić information content (AvgIpc) is 2.18. The number of aliphatic hydroxyl groups is 1. The minimum atomic E-state index is -3.51. The highest BCUT2D eigenvalue weighted by Crippen LogP contribution is 2.19. The van der Waals surface area contributed by atoms with E-state index in [9.17, 15) is 8.42 Å². The lowest BCUT2D eigenvalue weighted by Crippen LogP contribution is -2.03. The van der Waals surface area contributed by atoms with Crippen molar-refractivity contribution < 1.29 is 13.5 Å². The standard InChI is InChI=1S/C10H12O3S/c1-8(11)9(2)14(12,13)10-6-4-3-5-7-10/h3-7,11H,1-2H3. The third-order valence-electron chi connectivity index (χ3n) is 1.97. The molecule has 0 saturated carbocycles. The molecule has 0 aliphatic heterocycles. The van der Waals surface area contributed by atoms with Gasteiger partial charge in [0.2, 0.25) is 9.84 Å². The zero-order valence-corrected chi connectivity index (χ0v) is 8.88. The second-order valence-electron chi connectivity index (χ2n) is 2.96. The van der Waals surface area contributed by atoms with E-state index in [1.54, 1.807) is 18.2 Å². The van der Waals surface area contributed by atoms with Crippen LogP contribution in [-0.2, 0) is 9.84 Å². The van der Waals surface area contributed by atoms with Gasteiger partial charge in [0.25, 0.3) is 0 Å². The molecule has 0 aliphatic carbocycles. The third-order valence-corrected chi connectivity index (χ3v) is 3.96. The van der Waals surface area contributed by atoms with Gasteiger partial charge in [-0.25, -0.2) is 8.42 Å². The lowest BCUT2D eigenvalue weighted by atomic mass is 10.4. The van der Waals surface area contributed by atoms with Gasteiger partial charge in [-0.05, 0) is 26.0 Å². The largest absolute Gasteiger partial charge is 0.512 e. The van der Waals surface area contributed by atoms with Crippen molar-refractivity contribution in [1.82, 2.24) is 0 Å². The maximum absolute atomic E-state index is 11.8. The number of sulfone groups is 1. The molecular weight excluding hydrogens is 200 g/mol. The Morgan fingerprint density at radius 1 is 1.14 bits per heavy atom. The van der Waals surface area contributed by atoms with Crippen LogP contribution in [0.5, 0.6) is 0 Å². The molecule has 14 heavy (non-hydrogen) atoms. The van der Waals surface area contributed by atoms with Gasteiger partial charge in [-0.1, -0.05) is 18.2 Å². The highest BCUT2D eigenvalue weighted by atomic mass is 32.2. The van der Waals surface area contributed by atoms with Gasteiger partial charge in [0.15, 0.2) is 0 Å². The average molecular weight is 212 g/mol. The summed E-state index contributed by atoms with van der Waals surface area (Å²) in [4.78, 5) is 0.189. The van der Waals surface area contributed by atoms with E-state index < -0.39 is 9.84 Å². The molecule has 1 aromatic carbocycles. The lowest BCUT2D eigenvalue weighted by molar-refractivity contribution is 0.410. The second kappa shape index (κ2) is 3.84. The van der Waals surface area contributed by atoms with Crippen LogP contribution in [0.3, 0.4) is 0 Å². The summed E-state index contributed by atoms with van der Waals surface area (Å²) in [6, 6.07) is 8.03. The summed E-state index contributed by atoms with van der Waals surface area (Å²) in [6.45, 7) is 2.74. The monoisotopic (exact) mass is 212 g/mol. The van der Waals surface area contributed by atoms with Crippen LogP contribution in [0.15, 0.2) is 45.9 Å². The molecule has 1 rings (SSSR count). The molecule has 0 aromatic heterocycles. The first-order chi connectivity index (χ1) is 6.46. The van der Waals surface area contributed by atoms with E-state index in [1.807, 2.05) is 0 Å². The number of rotatable bonds is 2. The van der Waals surface area contributed by atoms with Crippen molar-refractivity contribution in [2.45, 2.75) is 18.7 Å². The van der Waals surface area contributed by atoms with E-state index >= 15 is 0 Å². The van der Waals surface area contributed by atoms with E-state index in [-0.39, 0.29) is 15.6 Å². The van der Waals surface area contributed by atoms with Crippen molar-refractivity contribution in [3.05, 3.63) is 41.0 Å². The molecule has 0 amide bonds. The first-order valence-corrected chi connectivity index (χ1v) is 5.61. The predicted molar refractivity (Wildman–Crippen MR) is 54.6 cm³/mol. The van der Waals surface area contributed by atoms with Gasteiger partial charge in [-0.15, -0.1) is 0 Å². The first kappa shape index (κ1) is 10.8. The van der Waals surface area contributed by atoms with E-state index in [1.165, 1.54) is 26.0 Å². The van der Waals surface area contributed by atoms with Crippen LogP contribution in [0.4, 0.5) is 0 Å². The number of aliphatic hydroxyl groups excluding tert-OH is 1. The maximum Gasteiger partial charge on any atom is 0.205 e. The fourth-order valence-corrected chi connectivity index (χ4v) is 2.23. The summed E-state index contributed by atoms with van der Waals surface area (Å²) < 4.78 is 23.5. The summed E-state index contributed by atoms with van der Waals surface area (Å²) in [7, 11) is -3.51. The van der Waals surface area contributed by atoms with Gasteiger partial charge in [-0.3, -0.25) is 0 Å². The molecule has 0 aliphatic rings. The zero-order valence-electron chi connectivity index (χ0n) is 8.06. The SMILES string of the molecule is CC(O)=C(C)S(=O)(=O)c1ccccc1. The van der Waals surface area contributed by atoms with E-state index in [0.29, 0.717) is 0 Å². The fourth-order valence-electron chi connectivity index (χ4n) is 0.971. The molecule has 0 saturated heterocycles. The second-order valence-corrected chi connectivity index (χ2v) is 5.05. The Kier molecular flexibility index (Phi) is 2.96. The van der Waals surface area contributed by atoms with Gasteiger partial charge < -0.3 is 5.11 Å². The molecule has 0 radical (unpaired) electrons. The molecule has 4 heteroatoms. The highest BCUT2D eigenvalue weighted by Gasteiger charge is 2.18. The Bertz CT molecular complexity index is 440. The molecule has 1 N–H and O–H groups in total. The lowest BCUT2D eigenvalue weighted by Gasteiger charge is -2.04. The number of benzene rings is 1. The van der Waals surface area contributed by atoms with Crippen LogP contribution in [0.2, 0.25) is 0 Å². The van der Waals surface area contributed by atoms with Crippen molar-refractivity contribution in [2.75, 3.05) is 0 Å². The number of hydrogen-bond donors (Lipinski definition) is 1. The summed E-state index contributed by atoms with van der Waals surface area (Å²) >= 11 is 0. The smallest absolute Gasteiger partial charge is 0.205 e. The Morgan fingerprint density at radius 2 is 1.64 bits per heavy atom. The van der Waals surface area contributed by atoms with Crippen molar-refractivity contribution in [2.24, 2.45) is 0 Å². The molecule has 3 nitrogen and oxygen atoms in total. The predicted octanol–water partition coefficient (Wildman–Crippen LogP) is 2.27. The summed E-state index contributed by atoms with van der Waals surface area (Å²) in [6.07, 6.45) is 0. The summed E-state index contributed by atoms with van der Waals surface area (Å²) in [5.74, 6) is -0.172. The van der Waals surface area contributed by atoms with Gasteiger partial charge in [0, 0.05) is 0 Å². The highest BCUT2D eigenvalue weighted by molar-refractivity contribution is 7.95. The Balaban J connectivity index is 3.31. The Hall–Kier alpha value is -1.29. The number of allylic oxidation sites excluding steroid dienone is 2. The van der Waals surface area contributed by atoms with E-state index in [2.05, 4.69) is 0 Å². The van der Waals surface area contributed by atoms with Crippen LogP contribution in [0.1, 0.15) is 13.8 Å². The minimum Gasteiger partial charge on any atom is -0.512 e. The molecular formula is C10H12O3S. The van der Waals surface area contributed by atoms with Gasteiger partial charge >= 0.3 is 0 Å². The van der Waals surface area contributed by atoms with Gasteiger partial charge in [-0.2, -0.15) is 0 Å². The normalized spacial score (nSPS) is 13.6. The molecule has 76 valence electrons. The zero-order chi connectivity index (χ0) is 10.8. The summed E-state index contributed by atoms with van der Waals surface area (Å²) in [5, 5.41) is 9.12. The molecule has 0 bridgehead atoms. The molecule has 0 atom stereocenters. The molecule has 1 aromatic rings. The quantitative estimate of drug-likeness (QED) is 0.765. The maximum atomic E-state index is 11.8. The first-order valence-electron chi connectivity index (χ1n) is 4.13. The van der Waals surface area contributed by atoms with Crippen molar-refractivity contribution in [1.29, 1.82) is 0 Å². The van der Waals surface area contributed by atoms with Crippen LogP contribution < -0.4 is 0 Å². The fraction of sp³-hybridized carbons (Fsp3) is 0.200. The molecule has 0 spiro atoms. The summed E-state index contributed by atoms with van der Waals surface area (Å²) in [5.41, 5.74) is 0. The Morgan fingerprint density at radius 3 is 2.07 bits per heavy atom. The van der Waals surface area contributed by atoms with Crippen molar-refractivity contribution in [3.8, 4) is 0 Å². The van der Waals surface area contributed by atoms with Crippen molar-refractivity contribution >= 4 is 9.84 Å². The number of hydrogen-bond acceptors (Lipinski definition) is 3. The van der Waals surface area contributed by atoms with Crippen molar-refractivity contribution in [3.63, 3.8) is 0 Å². The van der Waals surface area contributed by atoms with Crippen LogP contribution >= 0.6 is 0 Å². The molecule has 0 unspecified atom stereocenters. The van der Waals surface area contributed by atoms with E-state index in [0.717, 1.165) is 0 Å². The van der Waals surface area contributed by atoms with Gasteiger partial charge in [0.05, 0.1) is 9.80 Å². The van der Waals surface area contributed by atoms with Crippen LogP contribution in [-0.4, -0.2) is 13.5 Å². The van der Waals surface area contributed by atoms with Crippen LogP contribution in [0.25, 0.3) is 0 Å². The molecule has 0 fully saturated rings. The molecule has 0 heterocycles. The third kappa shape index (κ3) is 1.96. The topological polar surface area (TPSA) is 54.4 Å².